The fourth-order valence-corrected chi connectivity index (χ4v) is 2.23. The fraction of sp³-hybridized carbons (Fsp3) is 0.385. The molecular weight excluding hydrogens is 308 g/mol. The van der Waals surface area contributed by atoms with Crippen LogP contribution in [0.25, 0.3) is 0 Å². The Bertz CT molecular complexity index is 694. The maximum Gasteiger partial charge on any atom is 0.269 e. The summed E-state index contributed by atoms with van der Waals surface area (Å²) in [7, 11) is 0. The van der Waals surface area contributed by atoms with E-state index in [0.29, 0.717) is 5.56 Å². The van der Waals surface area contributed by atoms with Crippen molar-refractivity contribution in [2.75, 3.05) is 20.2 Å². The molecule has 0 atom stereocenters. The van der Waals surface area contributed by atoms with Gasteiger partial charge in [0.25, 0.3) is 5.69 Å². The van der Waals surface area contributed by atoms with Gasteiger partial charge in [0.2, 0.25) is 5.91 Å². The van der Waals surface area contributed by atoms with Crippen LogP contribution in [-0.2, 0) is 14.9 Å². The summed E-state index contributed by atoms with van der Waals surface area (Å²) in [6, 6.07) is 6.05. The van der Waals surface area contributed by atoms with E-state index in [2.05, 4.69) is 10.9 Å². The normalized spacial score (nSPS) is 17.9. The van der Waals surface area contributed by atoms with Crippen molar-refractivity contribution in [1.29, 1.82) is 0 Å². The number of non-ortho nitro benzene ring substituents is 1. The first kappa shape index (κ1) is 12.3. The summed E-state index contributed by atoms with van der Waals surface area (Å²) in [5.74, 6) is -0.454. The first-order valence-corrected chi connectivity index (χ1v) is 6.72. The predicted molar refractivity (Wildman–Crippen MR) is 83.1 cm³/mol. The van der Waals surface area contributed by atoms with E-state index in [0.717, 1.165) is 0 Å². The minimum Gasteiger partial charge on any atom is -0.379 e. The van der Waals surface area contributed by atoms with Crippen LogP contribution in [0.1, 0.15) is 16.1 Å². The number of nitrogens with zero attached hydrogens (tertiary/aromatic N) is 1. The van der Waals surface area contributed by atoms with Crippen LogP contribution in [0.3, 0.4) is 0 Å². The zero-order valence-corrected chi connectivity index (χ0v) is 12.2. The molecule has 9 heteroatoms. The number of hydrazine groups is 1. The third-order valence-corrected chi connectivity index (χ3v) is 3.56. The summed E-state index contributed by atoms with van der Waals surface area (Å²) in [6.45, 7) is -1.97. The Kier molecular flexibility index (Phi) is 3.73. The van der Waals surface area contributed by atoms with Crippen molar-refractivity contribution in [3.8, 4) is 0 Å². The molecule has 22 heavy (non-hydrogen) atoms. The van der Waals surface area contributed by atoms with Crippen LogP contribution in [-0.4, -0.2) is 36.1 Å². The zero-order chi connectivity index (χ0) is 18.7. The number of carbonyl (C=O) groups is 1. The minimum absolute atomic E-state index is 0.00243. The van der Waals surface area contributed by atoms with Crippen molar-refractivity contribution in [1.82, 2.24) is 16.2 Å². The molecule has 0 aromatic heterocycles. The molecule has 0 radical (unpaired) electrons. The SMILES string of the molecule is [2H]C([2H])([2H])NC(=S)NNC(=O)CC1(c2cccc([N+](=O)[O-])c2)COC1. The number of nitro benzene ring substituents is 1. The van der Waals surface area contributed by atoms with Gasteiger partial charge in [-0.25, -0.2) is 0 Å². The van der Waals surface area contributed by atoms with E-state index in [1.807, 2.05) is 5.32 Å². The van der Waals surface area contributed by atoms with Crippen LogP contribution in [0.2, 0.25) is 0 Å². The highest BCUT2D eigenvalue weighted by Crippen LogP contribution is 2.37. The van der Waals surface area contributed by atoms with E-state index in [-0.39, 0.29) is 30.4 Å². The number of nitrogens with one attached hydrogen (secondary N) is 3. The fourth-order valence-electron chi connectivity index (χ4n) is 2.18. The maximum absolute atomic E-state index is 12.1. The molecule has 8 nitrogen and oxygen atoms in total. The average Bonchev–Trinajstić information content (AvgIpc) is 2.47. The van der Waals surface area contributed by atoms with Gasteiger partial charge in [-0.1, -0.05) is 12.1 Å². The summed E-state index contributed by atoms with van der Waals surface area (Å²) in [4.78, 5) is 22.5. The molecule has 1 aromatic rings. The van der Waals surface area contributed by atoms with Crippen LogP contribution in [0.5, 0.6) is 0 Å². The van der Waals surface area contributed by atoms with E-state index >= 15 is 0 Å². The van der Waals surface area contributed by atoms with E-state index in [9.17, 15) is 14.9 Å². The van der Waals surface area contributed by atoms with Gasteiger partial charge in [-0.2, -0.15) is 0 Å². The molecule has 0 bridgehead atoms. The summed E-state index contributed by atoms with van der Waals surface area (Å²) in [5, 5.41) is 12.7. The van der Waals surface area contributed by atoms with Crippen LogP contribution in [0, 0.1) is 10.1 Å². The standard InChI is InChI=1S/C13H16N4O4S/c1-14-12(22)16-15-11(18)6-13(7-21-8-13)9-3-2-4-10(5-9)17(19)20/h2-5H,6-8H2,1H3,(H,15,18)(H2,14,16,22)/i1D3. The highest BCUT2D eigenvalue weighted by Gasteiger charge is 2.42. The van der Waals surface area contributed by atoms with E-state index < -0.39 is 23.2 Å². The van der Waals surface area contributed by atoms with Gasteiger partial charge in [-0.15, -0.1) is 0 Å². The molecule has 0 saturated carbocycles. The Morgan fingerprint density at radius 1 is 1.55 bits per heavy atom. The Morgan fingerprint density at radius 3 is 2.91 bits per heavy atom. The molecule has 2 rings (SSSR count). The molecule has 0 unspecified atom stereocenters. The number of hydrogen-bond donors (Lipinski definition) is 3. The van der Waals surface area contributed by atoms with Gasteiger partial charge in [-0.05, 0) is 17.8 Å². The molecule has 1 heterocycles. The zero-order valence-electron chi connectivity index (χ0n) is 14.4. The van der Waals surface area contributed by atoms with Crippen LogP contribution in [0.4, 0.5) is 5.69 Å². The van der Waals surface area contributed by atoms with Crippen molar-refractivity contribution in [2.45, 2.75) is 11.8 Å². The largest absolute Gasteiger partial charge is 0.379 e. The Labute approximate surface area is 136 Å². The molecule has 0 aliphatic carbocycles. The second kappa shape index (κ2) is 6.67. The van der Waals surface area contributed by atoms with Gasteiger partial charge in [-0.3, -0.25) is 25.8 Å². The van der Waals surface area contributed by atoms with Crippen molar-refractivity contribution in [3.63, 3.8) is 0 Å². The number of hydrogen-bond acceptors (Lipinski definition) is 5. The molecule has 1 aromatic carbocycles. The lowest BCUT2D eigenvalue weighted by molar-refractivity contribution is -0.385. The predicted octanol–water partition coefficient (Wildman–Crippen LogP) is 0.378. The summed E-state index contributed by atoms with van der Waals surface area (Å²) in [5.41, 5.74) is 4.50. The molecule has 0 spiro atoms. The molecule has 1 fully saturated rings. The summed E-state index contributed by atoms with van der Waals surface area (Å²) < 4.78 is 26.2. The number of nitro groups is 1. The van der Waals surface area contributed by atoms with E-state index in [4.69, 9.17) is 21.1 Å². The molecule has 1 aliphatic rings. The van der Waals surface area contributed by atoms with Crippen LogP contribution >= 0.6 is 12.2 Å². The first-order valence-electron chi connectivity index (χ1n) is 7.81. The highest BCUT2D eigenvalue weighted by atomic mass is 32.1. The van der Waals surface area contributed by atoms with E-state index in [1.54, 1.807) is 12.1 Å². The number of amides is 1. The number of carbonyl (C=O) groups excluding carboxylic acids is 1. The second-order valence-electron chi connectivity index (χ2n) is 4.88. The highest BCUT2D eigenvalue weighted by molar-refractivity contribution is 7.80. The van der Waals surface area contributed by atoms with Gasteiger partial charge in [0.1, 0.15) is 0 Å². The van der Waals surface area contributed by atoms with Crippen molar-refractivity contribution in [3.05, 3.63) is 39.9 Å². The average molecular weight is 327 g/mol. The Hall–Kier alpha value is -2.26. The van der Waals surface area contributed by atoms with E-state index in [1.165, 1.54) is 12.1 Å². The van der Waals surface area contributed by atoms with Gasteiger partial charge in [0.05, 0.1) is 23.6 Å². The lowest BCUT2D eigenvalue weighted by Crippen LogP contribution is -2.53. The van der Waals surface area contributed by atoms with Crippen molar-refractivity contribution >= 4 is 28.9 Å². The topological polar surface area (TPSA) is 106 Å². The third-order valence-electron chi connectivity index (χ3n) is 3.35. The quantitative estimate of drug-likeness (QED) is 0.417. The smallest absolute Gasteiger partial charge is 0.269 e. The van der Waals surface area contributed by atoms with Gasteiger partial charge in [0, 0.05) is 29.6 Å². The lowest BCUT2D eigenvalue weighted by atomic mass is 9.75. The first-order chi connectivity index (χ1) is 11.6. The number of rotatable bonds is 4. The van der Waals surface area contributed by atoms with Crippen LogP contribution in [0.15, 0.2) is 24.3 Å². The monoisotopic (exact) mass is 327 g/mol. The molecular formula is C13H16N4O4S. The molecule has 1 amide bonds. The summed E-state index contributed by atoms with van der Waals surface area (Å²) >= 11 is 4.75. The number of benzene rings is 1. The van der Waals surface area contributed by atoms with Crippen molar-refractivity contribution in [2.24, 2.45) is 0 Å². The summed E-state index contributed by atoms with van der Waals surface area (Å²) in [6.07, 6.45) is -0.00243. The number of ether oxygens (including phenoxy) is 1. The minimum atomic E-state index is -2.47. The van der Waals surface area contributed by atoms with Crippen molar-refractivity contribution < 1.29 is 18.6 Å². The van der Waals surface area contributed by atoms with Gasteiger partial charge in [0.15, 0.2) is 5.11 Å². The second-order valence-corrected chi connectivity index (χ2v) is 5.29. The maximum atomic E-state index is 12.1. The Morgan fingerprint density at radius 2 is 2.32 bits per heavy atom. The molecule has 1 aliphatic heterocycles. The third kappa shape index (κ3) is 3.49. The lowest BCUT2D eigenvalue weighted by Gasteiger charge is -2.41. The molecule has 3 N–H and O–H groups in total. The van der Waals surface area contributed by atoms with Gasteiger partial charge >= 0.3 is 0 Å². The number of thiocarbonyl (C=S) groups is 1. The molecule has 1 saturated heterocycles. The molecule has 118 valence electrons. The van der Waals surface area contributed by atoms with Gasteiger partial charge < -0.3 is 10.1 Å². The Balaban J connectivity index is 1.99. The van der Waals surface area contributed by atoms with Crippen LogP contribution < -0.4 is 16.2 Å².